The fourth-order valence-corrected chi connectivity index (χ4v) is 5.59. The summed E-state index contributed by atoms with van der Waals surface area (Å²) in [5.74, 6) is -3.30. The molecule has 1 unspecified atom stereocenters. The first-order chi connectivity index (χ1) is 19.2. The maximum atomic E-state index is 14.9. The molecule has 2 aromatic carbocycles. The Labute approximate surface area is 231 Å². The Balaban J connectivity index is 1.50. The lowest BCUT2D eigenvalue weighted by molar-refractivity contribution is -0.138. The molecule has 3 amide bonds. The molecular weight excluding hydrogens is 520 g/mol. The van der Waals surface area contributed by atoms with E-state index in [0.717, 1.165) is 40.6 Å². The molecule has 4 rings (SSSR count). The Hall–Kier alpha value is -4.30. The Morgan fingerprint density at radius 2 is 1.95 bits per heavy atom. The first kappa shape index (κ1) is 28.7. The highest BCUT2D eigenvalue weighted by Crippen LogP contribution is 2.39. The largest absolute Gasteiger partial charge is 0.478 e. The van der Waals surface area contributed by atoms with Gasteiger partial charge in [-0.25, -0.2) is 23.4 Å². The van der Waals surface area contributed by atoms with Crippen molar-refractivity contribution >= 4 is 18.4 Å². The zero-order valence-electron chi connectivity index (χ0n) is 22.1. The van der Waals surface area contributed by atoms with E-state index in [1.54, 1.807) is 6.92 Å². The quantitative estimate of drug-likeness (QED) is 0.381. The molecule has 210 valence electrons. The van der Waals surface area contributed by atoms with E-state index in [0.29, 0.717) is 25.3 Å². The van der Waals surface area contributed by atoms with Crippen molar-refractivity contribution in [3.63, 3.8) is 0 Å². The number of hydrogen-bond donors (Lipinski definition) is 3. The fourth-order valence-electron chi connectivity index (χ4n) is 5.59. The highest BCUT2D eigenvalue weighted by Gasteiger charge is 2.43. The zero-order valence-corrected chi connectivity index (χ0v) is 22.1. The summed E-state index contributed by atoms with van der Waals surface area (Å²) in [6, 6.07) is 12.6. The predicted octanol–water partition coefficient (Wildman–Crippen LogP) is 4.15. The minimum atomic E-state index is -1.50. The van der Waals surface area contributed by atoms with Crippen LogP contribution >= 0.6 is 0 Å². The van der Waals surface area contributed by atoms with Crippen LogP contribution in [0, 0.1) is 23.0 Å². The van der Waals surface area contributed by atoms with Gasteiger partial charge in [0.25, 0.3) is 0 Å². The van der Waals surface area contributed by atoms with Crippen LogP contribution in [0.5, 0.6) is 0 Å². The molecule has 0 saturated heterocycles. The topological polar surface area (TPSA) is 126 Å². The van der Waals surface area contributed by atoms with Gasteiger partial charge >= 0.3 is 12.0 Å². The second-order valence-corrected chi connectivity index (χ2v) is 9.95. The van der Waals surface area contributed by atoms with E-state index in [1.165, 1.54) is 0 Å². The second kappa shape index (κ2) is 12.3. The van der Waals surface area contributed by atoms with E-state index >= 15 is 0 Å². The fraction of sp³-hybridized carbons (Fsp3) is 0.379. The lowest BCUT2D eigenvalue weighted by Crippen LogP contribution is -2.57. The van der Waals surface area contributed by atoms with Gasteiger partial charge in [-0.15, -0.1) is 0 Å². The number of carbonyl (C=O) groups is 3. The molecular formula is C29H31F2N5O4. The van der Waals surface area contributed by atoms with Crippen molar-refractivity contribution in [3.8, 4) is 6.07 Å². The molecule has 1 aliphatic heterocycles. The van der Waals surface area contributed by atoms with Crippen molar-refractivity contribution < 1.29 is 28.3 Å². The number of nitrogens with zero attached hydrogens (tertiary/aromatic N) is 3. The average Bonchev–Trinajstić information content (AvgIpc) is 2.96. The lowest BCUT2D eigenvalue weighted by Gasteiger charge is -2.42. The van der Waals surface area contributed by atoms with Gasteiger partial charge in [0.1, 0.15) is 17.7 Å². The van der Waals surface area contributed by atoms with Crippen molar-refractivity contribution in [1.82, 2.24) is 20.7 Å². The van der Waals surface area contributed by atoms with E-state index in [4.69, 9.17) is 0 Å². The molecule has 2 aliphatic rings. The summed E-state index contributed by atoms with van der Waals surface area (Å²) in [6.07, 6.45) is 3.29. The Bertz CT molecular complexity index is 1340. The number of carboxylic acid groups (broad SMARTS) is 1. The molecule has 40 heavy (non-hydrogen) atoms. The SMILES string of the molecule is CCC1=C(C(=O)O)C(c2ccc(F)cc2F)N(N(C=O)CCN[C@H]2CC[C@@](C#N)(c3ccccc3)CC2)C(=O)N1. The van der Waals surface area contributed by atoms with E-state index in [2.05, 4.69) is 16.7 Å². The molecule has 3 N–H and O–H groups in total. The summed E-state index contributed by atoms with van der Waals surface area (Å²) in [7, 11) is 0. The summed E-state index contributed by atoms with van der Waals surface area (Å²) in [5, 5.41) is 27.6. The van der Waals surface area contributed by atoms with Crippen molar-refractivity contribution in [3.05, 3.63) is 82.6 Å². The Kier molecular flexibility index (Phi) is 8.80. The van der Waals surface area contributed by atoms with Gasteiger partial charge in [0.2, 0.25) is 6.41 Å². The minimum Gasteiger partial charge on any atom is -0.478 e. The number of nitrogens with one attached hydrogen (secondary N) is 2. The third-order valence-corrected chi connectivity index (χ3v) is 7.70. The van der Waals surface area contributed by atoms with Crippen molar-refractivity contribution in [2.75, 3.05) is 13.1 Å². The highest BCUT2D eigenvalue weighted by molar-refractivity contribution is 5.94. The number of aliphatic carboxylic acids is 1. The zero-order chi connectivity index (χ0) is 28.9. The maximum absolute atomic E-state index is 14.9. The average molecular weight is 552 g/mol. The molecule has 9 nitrogen and oxygen atoms in total. The Morgan fingerprint density at radius 1 is 1.25 bits per heavy atom. The van der Waals surface area contributed by atoms with Crippen LogP contribution < -0.4 is 10.6 Å². The van der Waals surface area contributed by atoms with Crippen LogP contribution in [-0.2, 0) is 15.0 Å². The van der Waals surface area contributed by atoms with E-state index in [9.17, 15) is 33.5 Å². The van der Waals surface area contributed by atoms with E-state index in [-0.39, 0.29) is 42.4 Å². The smallest absolute Gasteiger partial charge is 0.341 e. The number of benzene rings is 2. The lowest BCUT2D eigenvalue weighted by atomic mass is 9.69. The van der Waals surface area contributed by atoms with Gasteiger partial charge in [0.15, 0.2) is 0 Å². The van der Waals surface area contributed by atoms with Gasteiger partial charge in [0.05, 0.1) is 23.6 Å². The van der Waals surface area contributed by atoms with Crippen LogP contribution in [0.25, 0.3) is 0 Å². The molecule has 11 heteroatoms. The van der Waals surface area contributed by atoms with Gasteiger partial charge in [-0.05, 0) is 43.7 Å². The third kappa shape index (κ3) is 5.67. The number of halogens is 2. The summed E-state index contributed by atoms with van der Waals surface area (Å²) < 4.78 is 28.6. The first-order valence-electron chi connectivity index (χ1n) is 13.2. The number of carboxylic acids is 1. The number of rotatable bonds is 10. The molecule has 0 bridgehead atoms. The van der Waals surface area contributed by atoms with E-state index in [1.807, 2.05) is 30.3 Å². The van der Waals surface area contributed by atoms with Gasteiger partial charge in [-0.3, -0.25) is 9.80 Å². The number of urea groups is 1. The number of hydrazine groups is 1. The van der Waals surface area contributed by atoms with Crippen LogP contribution in [-0.4, -0.2) is 52.7 Å². The molecule has 1 fully saturated rings. The second-order valence-electron chi connectivity index (χ2n) is 9.95. The van der Waals surface area contributed by atoms with Crippen molar-refractivity contribution in [1.29, 1.82) is 5.26 Å². The van der Waals surface area contributed by atoms with E-state index < -0.39 is 35.1 Å². The van der Waals surface area contributed by atoms with Crippen LogP contribution in [0.1, 0.15) is 56.2 Å². The molecule has 0 radical (unpaired) electrons. The number of hydrogen-bond acceptors (Lipinski definition) is 5. The molecule has 1 aliphatic carbocycles. The van der Waals surface area contributed by atoms with Gasteiger partial charge in [0, 0.05) is 29.9 Å². The molecule has 2 aromatic rings. The number of nitriles is 1. The van der Waals surface area contributed by atoms with Crippen LogP contribution in [0.2, 0.25) is 0 Å². The summed E-state index contributed by atoms with van der Waals surface area (Å²) >= 11 is 0. The van der Waals surface area contributed by atoms with Gasteiger partial charge in [-0.2, -0.15) is 5.26 Å². The van der Waals surface area contributed by atoms with Crippen LogP contribution in [0.15, 0.2) is 59.8 Å². The highest BCUT2D eigenvalue weighted by atomic mass is 19.1. The number of carbonyl (C=O) groups excluding carboxylic acids is 2. The van der Waals surface area contributed by atoms with Gasteiger partial charge < -0.3 is 15.7 Å². The van der Waals surface area contributed by atoms with Crippen molar-refractivity contribution in [2.24, 2.45) is 0 Å². The van der Waals surface area contributed by atoms with Gasteiger partial charge in [-0.1, -0.05) is 43.3 Å². The molecule has 1 saturated carbocycles. The summed E-state index contributed by atoms with van der Waals surface area (Å²) in [6.45, 7) is 1.86. The predicted molar refractivity (Wildman–Crippen MR) is 141 cm³/mol. The molecule has 0 spiro atoms. The maximum Gasteiger partial charge on any atom is 0.341 e. The normalized spacial score (nSPS) is 22.9. The minimum absolute atomic E-state index is 0.0246. The summed E-state index contributed by atoms with van der Waals surface area (Å²) in [5.41, 5.74) is -0.0441. The summed E-state index contributed by atoms with van der Waals surface area (Å²) in [4.78, 5) is 37.6. The van der Waals surface area contributed by atoms with Crippen LogP contribution in [0.4, 0.5) is 13.6 Å². The molecule has 1 atom stereocenters. The monoisotopic (exact) mass is 551 g/mol. The number of amides is 3. The Morgan fingerprint density at radius 3 is 2.52 bits per heavy atom. The third-order valence-electron chi connectivity index (χ3n) is 7.70. The molecule has 1 heterocycles. The van der Waals surface area contributed by atoms with Crippen LogP contribution in [0.3, 0.4) is 0 Å². The first-order valence-corrected chi connectivity index (χ1v) is 13.2. The molecule has 0 aromatic heterocycles. The van der Waals surface area contributed by atoms with Crippen molar-refractivity contribution in [2.45, 2.75) is 56.5 Å². The number of allylic oxidation sites excluding steroid dienone is 1. The standard InChI is InChI=1S/C29H31F2N5O4/c1-2-24-25(27(38)39)26(22-9-8-20(30)16-23(22)31)36(28(40)34-24)35(18-37)15-14-33-21-10-12-29(17-32,13-11-21)19-6-4-3-5-7-19/h3-9,16,18,21,26,33H,2,10-15H2,1H3,(H,34,40)(H,38,39)/t21-,26?,29+.